The molecule has 3 heteroatoms. The summed E-state index contributed by atoms with van der Waals surface area (Å²) in [6.45, 7) is 9.70. The predicted octanol–water partition coefficient (Wildman–Crippen LogP) is 3.74. The van der Waals surface area contributed by atoms with Gasteiger partial charge in [-0.1, -0.05) is 31.5 Å². The van der Waals surface area contributed by atoms with Gasteiger partial charge in [0.1, 0.15) is 11.3 Å². The van der Waals surface area contributed by atoms with Gasteiger partial charge in [0.2, 0.25) is 0 Å². The lowest BCUT2D eigenvalue weighted by molar-refractivity contribution is 0.276. The first-order valence-electron chi connectivity index (χ1n) is 7.43. The van der Waals surface area contributed by atoms with Gasteiger partial charge in [0, 0.05) is 0 Å². The summed E-state index contributed by atoms with van der Waals surface area (Å²) < 4.78 is 5.82. The lowest BCUT2D eigenvalue weighted by Gasteiger charge is -2.26. The van der Waals surface area contributed by atoms with Crippen LogP contribution in [0, 0.1) is 25.2 Å². The number of benzene rings is 1. The highest BCUT2D eigenvalue weighted by atomic mass is 16.5. The zero-order valence-corrected chi connectivity index (χ0v) is 13.1. The lowest BCUT2D eigenvalue weighted by atomic mass is 9.92. The molecule has 1 rings (SSSR count). The minimum atomic E-state index is -0.402. The van der Waals surface area contributed by atoms with Gasteiger partial charge in [0.15, 0.2) is 0 Å². The van der Waals surface area contributed by atoms with Gasteiger partial charge < -0.3 is 4.74 Å². The molecule has 1 atom stereocenters. The molecule has 0 bridgehead atoms. The van der Waals surface area contributed by atoms with Gasteiger partial charge in [-0.25, -0.2) is 0 Å². The number of hydrogen-bond acceptors (Lipinski definition) is 3. The van der Waals surface area contributed by atoms with Crippen molar-refractivity contribution < 1.29 is 4.74 Å². The van der Waals surface area contributed by atoms with Crippen molar-refractivity contribution in [2.45, 2.75) is 52.5 Å². The van der Waals surface area contributed by atoms with Crippen molar-refractivity contribution in [3.63, 3.8) is 0 Å². The van der Waals surface area contributed by atoms with Gasteiger partial charge in [0.25, 0.3) is 0 Å². The lowest BCUT2D eigenvalue weighted by Crippen LogP contribution is -2.43. The highest BCUT2D eigenvalue weighted by Gasteiger charge is 2.25. The molecule has 0 fully saturated rings. The van der Waals surface area contributed by atoms with Crippen molar-refractivity contribution in [1.29, 1.82) is 5.26 Å². The molecule has 0 saturated carbocycles. The summed E-state index contributed by atoms with van der Waals surface area (Å²) in [6.07, 6.45) is 2.52. The monoisotopic (exact) mass is 274 g/mol. The van der Waals surface area contributed by atoms with Crippen LogP contribution in [0.1, 0.15) is 44.2 Å². The minimum Gasteiger partial charge on any atom is -0.493 e. The van der Waals surface area contributed by atoms with Crippen molar-refractivity contribution in [3.8, 4) is 11.8 Å². The van der Waals surface area contributed by atoms with Gasteiger partial charge in [-0.15, -0.1) is 0 Å². The first-order valence-corrected chi connectivity index (χ1v) is 7.43. The summed E-state index contributed by atoms with van der Waals surface area (Å²) in [7, 11) is 0. The fraction of sp³-hybridized carbons (Fsp3) is 0.588. The van der Waals surface area contributed by atoms with Crippen molar-refractivity contribution in [3.05, 3.63) is 29.3 Å². The highest BCUT2D eigenvalue weighted by Crippen LogP contribution is 2.20. The molecular formula is C17H26N2O. The Morgan fingerprint density at radius 3 is 2.60 bits per heavy atom. The largest absolute Gasteiger partial charge is 0.493 e. The maximum absolute atomic E-state index is 9.35. The summed E-state index contributed by atoms with van der Waals surface area (Å²) in [5.41, 5.74) is 2.01. The second-order valence-electron chi connectivity index (χ2n) is 5.30. The molecule has 0 spiro atoms. The smallest absolute Gasteiger partial charge is 0.122 e. The Morgan fingerprint density at radius 2 is 2.05 bits per heavy atom. The van der Waals surface area contributed by atoms with Gasteiger partial charge in [-0.2, -0.15) is 5.26 Å². The molecule has 0 aliphatic carbocycles. The van der Waals surface area contributed by atoms with Crippen molar-refractivity contribution >= 4 is 0 Å². The zero-order chi connectivity index (χ0) is 15.0. The molecule has 1 aromatic rings. The van der Waals surface area contributed by atoms with Crippen molar-refractivity contribution in [2.75, 3.05) is 13.2 Å². The molecule has 1 N–H and O–H groups in total. The molecule has 0 heterocycles. The summed E-state index contributed by atoms with van der Waals surface area (Å²) in [4.78, 5) is 0. The number of nitriles is 1. The summed E-state index contributed by atoms with van der Waals surface area (Å²) in [5.74, 6) is 0.943. The van der Waals surface area contributed by atoms with Crippen LogP contribution in [-0.4, -0.2) is 18.7 Å². The Bertz CT molecular complexity index is 465. The highest BCUT2D eigenvalue weighted by molar-refractivity contribution is 5.35. The van der Waals surface area contributed by atoms with E-state index in [9.17, 15) is 5.26 Å². The minimum absolute atomic E-state index is 0.402. The molecule has 0 aliphatic heterocycles. The molecule has 0 amide bonds. The first kappa shape index (κ1) is 16.5. The van der Waals surface area contributed by atoms with Crippen LogP contribution in [0.5, 0.6) is 5.75 Å². The maximum Gasteiger partial charge on any atom is 0.122 e. The number of aryl methyl sites for hydroxylation is 2. The Balaban J connectivity index is 2.46. The van der Waals surface area contributed by atoms with Gasteiger partial charge in [-0.05, 0) is 51.3 Å². The standard InChI is InChI=1S/C17H26N2O/c1-5-17(13-18,19-6-2)10-7-11-20-16-9-8-14(3)12-15(16)4/h8-9,12,19H,5-7,10-11H2,1-4H3. The normalized spacial score (nSPS) is 13.6. The number of hydrogen-bond donors (Lipinski definition) is 1. The number of nitrogens with one attached hydrogen (secondary N) is 1. The molecule has 110 valence electrons. The molecule has 1 aromatic carbocycles. The van der Waals surface area contributed by atoms with E-state index in [1.165, 1.54) is 11.1 Å². The second kappa shape index (κ2) is 7.91. The van der Waals surface area contributed by atoms with E-state index in [2.05, 4.69) is 44.3 Å². The molecular weight excluding hydrogens is 248 g/mol. The fourth-order valence-corrected chi connectivity index (χ4v) is 2.42. The van der Waals surface area contributed by atoms with Crippen molar-refractivity contribution in [1.82, 2.24) is 5.32 Å². The van der Waals surface area contributed by atoms with E-state index in [0.717, 1.165) is 31.6 Å². The Labute approximate surface area is 123 Å². The fourth-order valence-electron chi connectivity index (χ4n) is 2.42. The maximum atomic E-state index is 9.35. The van der Waals surface area contributed by atoms with E-state index in [1.807, 2.05) is 13.0 Å². The van der Waals surface area contributed by atoms with Crippen LogP contribution in [0.25, 0.3) is 0 Å². The van der Waals surface area contributed by atoms with Gasteiger partial charge in [-0.3, -0.25) is 5.32 Å². The summed E-state index contributed by atoms with van der Waals surface area (Å²) >= 11 is 0. The van der Waals surface area contributed by atoms with Gasteiger partial charge >= 0.3 is 0 Å². The molecule has 0 aliphatic rings. The zero-order valence-electron chi connectivity index (χ0n) is 13.1. The Kier molecular flexibility index (Phi) is 6.54. The summed E-state index contributed by atoms with van der Waals surface area (Å²) in [5, 5.41) is 12.6. The quantitative estimate of drug-likeness (QED) is 0.734. The molecule has 1 unspecified atom stereocenters. The number of rotatable bonds is 8. The first-order chi connectivity index (χ1) is 9.56. The van der Waals surface area contributed by atoms with Gasteiger partial charge in [0.05, 0.1) is 12.7 Å². The Hall–Kier alpha value is -1.53. The topological polar surface area (TPSA) is 45.0 Å². The van der Waals surface area contributed by atoms with Crippen LogP contribution in [0.3, 0.4) is 0 Å². The average molecular weight is 274 g/mol. The van der Waals surface area contributed by atoms with Crippen LogP contribution >= 0.6 is 0 Å². The van der Waals surface area contributed by atoms with Crippen molar-refractivity contribution in [2.24, 2.45) is 0 Å². The molecule has 0 saturated heterocycles. The molecule has 3 nitrogen and oxygen atoms in total. The number of nitrogens with zero attached hydrogens (tertiary/aromatic N) is 1. The van der Waals surface area contributed by atoms with E-state index in [1.54, 1.807) is 0 Å². The molecule has 20 heavy (non-hydrogen) atoms. The van der Waals surface area contributed by atoms with E-state index >= 15 is 0 Å². The molecule has 0 radical (unpaired) electrons. The van der Waals surface area contributed by atoms with Crippen LogP contribution in [0.2, 0.25) is 0 Å². The third kappa shape index (κ3) is 4.54. The Morgan fingerprint density at radius 1 is 1.30 bits per heavy atom. The number of ether oxygens (including phenoxy) is 1. The summed E-state index contributed by atoms with van der Waals surface area (Å²) in [6, 6.07) is 8.62. The third-order valence-electron chi connectivity index (χ3n) is 3.67. The van der Waals surface area contributed by atoms with Crippen LogP contribution in [-0.2, 0) is 0 Å². The third-order valence-corrected chi connectivity index (χ3v) is 3.67. The van der Waals surface area contributed by atoms with E-state index in [4.69, 9.17) is 4.74 Å². The molecule has 0 aromatic heterocycles. The predicted molar refractivity (Wildman–Crippen MR) is 83.0 cm³/mol. The van der Waals surface area contributed by atoms with E-state index in [0.29, 0.717) is 6.61 Å². The van der Waals surface area contributed by atoms with Crippen LogP contribution in [0.4, 0.5) is 0 Å². The van der Waals surface area contributed by atoms with E-state index in [-0.39, 0.29) is 0 Å². The van der Waals surface area contributed by atoms with Crippen LogP contribution < -0.4 is 10.1 Å². The van der Waals surface area contributed by atoms with Crippen LogP contribution in [0.15, 0.2) is 18.2 Å². The SMILES string of the molecule is CCNC(C#N)(CC)CCCOc1ccc(C)cc1C. The second-order valence-corrected chi connectivity index (χ2v) is 5.30. The average Bonchev–Trinajstić information content (AvgIpc) is 2.44. The van der Waals surface area contributed by atoms with E-state index < -0.39 is 5.54 Å².